The molecule has 0 saturated heterocycles. The molecular weight excluding hydrogens is 232 g/mol. The highest BCUT2D eigenvalue weighted by molar-refractivity contribution is 6.18. The van der Waals surface area contributed by atoms with E-state index in [-0.39, 0.29) is 23.4 Å². The molecule has 2 aliphatic carbocycles. The van der Waals surface area contributed by atoms with E-state index in [1.54, 1.807) is 0 Å². The van der Waals surface area contributed by atoms with Crippen molar-refractivity contribution in [1.82, 2.24) is 5.43 Å². The third-order valence-electron chi connectivity index (χ3n) is 4.03. The highest BCUT2D eigenvalue weighted by Crippen LogP contribution is 2.34. The fourth-order valence-corrected chi connectivity index (χ4v) is 2.88. The van der Waals surface area contributed by atoms with Crippen LogP contribution in [0.4, 0.5) is 0 Å². The quantitative estimate of drug-likeness (QED) is 0.330. The summed E-state index contributed by atoms with van der Waals surface area (Å²) in [5.74, 6) is 4.75. The summed E-state index contributed by atoms with van der Waals surface area (Å²) >= 11 is 0. The molecule has 1 saturated carbocycles. The van der Waals surface area contributed by atoms with E-state index in [0.717, 1.165) is 25.7 Å². The predicted octanol–water partition coefficient (Wildman–Crippen LogP) is 0.497. The molecule has 0 atom stereocenters. The van der Waals surface area contributed by atoms with Crippen molar-refractivity contribution >= 4 is 17.5 Å². The zero-order valence-corrected chi connectivity index (χ0v) is 10.2. The molecule has 2 aliphatic rings. The molecule has 0 unspecified atom stereocenters. The van der Waals surface area contributed by atoms with Crippen molar-refractivity contribution in [1.29, 1.82) is 0 Å². The van der Waals surface area contributed by atoms with Gasteiger partial charge < -0.3 is 0 Å². The first-order valence-electron chi connectivity index (χ1n) is 6.38. The number of allylic oxidation sites excluding steroid dienone is 2. The minimum Gasteiger partial charge on any atom is -0.294 e. The lowest BCUT2D eigenvalue weighted by Gasteiger charge is -2.28. The lowest BCUT2D eigenvalue weighted by Crippen LogP contribution is -2.37. The van der Waals surface area contributed by atoms with Crippen molar-refractivity contribution in [2.75, 3.05) is 0 Å². The molecule has 5 heteroatoms. The topological polar surface area (TPSA) is 89.3 Å². The van der Waals surface area contributed by atoms with Gasteiger partial charge in [-0.3, -0.25) is 19.8 Å². The average Bonchev–Trinajstić information content (AvgIpc) is 2.70. The first kappa shape index (κ1) is 13.0. The zero-order chi connectivity index (χ0) is 13.1. The predicted molar refractivity (Wildman–Crippen MR) is 65.0 cm³/mol. The molecule has 0 aliphatic heterocycles. The summed E-state index contributed by atoms with van der Waals surface area (Å²) in [5.41, 5.74) is 2.18. The Bertz CT molecular complexity index is 377. The Hall–Kier alpha value is -1.49. The van der Waals surface area contributed by atoms with E-state index in [4.69, 9.17) is 5.84 Å². The molecule has 5 nitrogen and oxygen atoms in total. The molecule has 3 N–H and O–H groups in total. The van der Waals surface area contributed by atoms with Crippen LogP contribution in [-0.4, -0.2) is 17.5 Å². The van der Waals surface area contributed by atoms with Crippen molar-refractivity contribution < 1.29 is 14.4 Å². The number of rotatable bonds is 3. The number of hydrazine groups is 1. The van der Waals surface area contributed by atoms with E-state index >= 15 is 0 Å². The van der Waals surface area contributed by atoms with Gasteiger partial charge in [0, 0.05) is 5.92 Å². The monoisotopic (exact) mass is 250 g/mol. The Morgan fingerprint density at radius 2 is 1.72 bits per heavy atom. The summed E-state index contributed by atoms with van der Waals surface area (Å²) in [5, 5.41) is 0. The van der Waals surface area contributed by atoms with Crippen molar-refractivity contribution in [3.8, 4) is 0 Å². The average molecular weight is 250 g/mol. The van der Waals surface area contributed by atoms with Crippen molar-refractivity contribution in [2.24, 2.45) is 23.6 Å². The largest absolute Gasteiger partial charge is 0.294 e. The smallest absolute Gasteiger partial charge is 0.236 e. The van der Waals surface area contributed by atoms with Crippen LogP contribution >= 0.6 is 0 Å². The van der Waals surface area contributed by atoms with Crippen LogP contribution in [0.15, 0.2) is 12.2 Å². The van der Waals surface area contributed by atoms with Gasteiger partial charge >= 0.3 is 0 Å². The van der Waals surface area contributed by atoms with Gasteiger partial charge in [0.05, 0.1) is 5.92 Å². The summed E-state index contributed by atoms with van der Waals surface area (Å²) < 4.78 is 0. The Labute approximate surface area is 106 Å². The van der Waals surface area contributed by atoms with Gasteiger partial charge in [-0.05, 0) is 50.2 Å². The van der Waals surface area contributed by atoms with Crippen LogP contribution in [0.2, 0.25) is 0 Å². The molecule has 0 aromatic heterocycles. The first-order chi connectivity index (χ1) is 8.61. The van der Waals surface area contributed by atoms with Gasteiger partial charge in [0.2, 0.25) is 5.91 Å². The number of ketones is 2. The minimum absolute atomic E-state index is 0.0145. The number of carbonyl (C=O) groups is 3. The summed E-state index contributed by atoms with van der Waals surface area (Å²) in [6, 6.07) is 0. The third-order valence-corrected chi connectivity index (χ3v) is 4.03. The van der Waals surface area contributed by atoms with Gasteiger partial charge in [0.25, 0.3) is 0 Å². The van der Waals surface area contributed by atoms with Gasteiger partial charge in [0.1, 0.15) is 0 Å². The fourth-order valence-electron chi connectivity index (χ4n) is 2.88. The van der Waals surface area contributed by atoms with Crippen LogP contribution in [0.3, 0.4) is 0 Å². The van der Waals surface area contributed by atoms with Crippen LogP contribution in [0.25, 0.3) is 0 Å². The van der Waals surface area contributed by atoms with Crippen molar-refractivity contribution in [2.45, 2.75) is 32.1 Å². The molecule has 0 aromatic carbocycles. The van der Waals surface area contributed by atoms with Crippen LogP contribution in [0.5, 0.6) is 0 Å². The molecule has 0 aromatic rings. The molecule has 1 amide bonds. The third kappa shape index (κ3) is 2.67. The van der Waals surface area contributed by atoms with Crippen LogP contribution in [-0.2, 0) is 14.4 Å². The van der Waals surface area contributed by atoms with Crippen molar-refractivity contribution in [3.05, 3.63) is 12.2 Å². The number of nitrogens with one attached hydrogen (secondary N) is 1. The molecule has 0 radical (unpaired) electrons. The molecule has 0 heterocycles. The molecular formula is C13H18N2O3. The van der Waals surface area contributed by atoms with E-state index in [9.17, 15) is 14.4 Å². The Morgan fingerprint density at radius 3 is 2.22 bits per heavy atom. The summed E-state index contributed by atoms with van der Waals surface area (Å²) in [6.07, 6.45) is 6.72. The number of hydrogen-bond acceptors (Lipinski definition) is 4. The van der Waals surface area contributed by atoms with E-state index in [2.05, 4.69) is 5.43 Å². The molecule has 98 valence electrons. The second-order valence-electron chi connectivity index (χ2n) is 5.15. The molecule has 0 bridgehead atoms. The van der Waals surface area contributed by atoms with Crippen LogP contribution in [0, 0.1) is 17.8 Å². The molecule has 18 heavy (non-hydrogen) atoms. The summed E-state index contributed by atoms with van der Waals surface area (Å²) in [7, 11) is 0. The molecule has 0 spiro atoms. The number of amides is 1. The minimum atomic E-state index is -0.463. The summed E-state index contributed by atoms with van der Waals surface area (Å²) in [6.45, 7) is 0. The van der Waals surface area contributed by atoms with E-state index in [0.29, 0.717) is 12.3 Å². The standard InChI is InChI=1S/C13H18N2O3/c14-15-13(18)9-3-1-8(2-4-9)7-10-11(16)5-6-12(10)17/h5-6,8-10H,1-4,7,14H2,(H,15,18). The van der Waals surface area contributed by atoms with E-state index in [1.807, 2.05) is 0 Å². The van der Waals surface area contributed by atoms with Gasteiger partial charge in [-0.15, -0.1) is 0 Å². The summed E-state index contributed by atoms with van der Waals surface area (Å²) in [4.78, 5) is 34.3. The number of nitrogens with two attached hydrogens (primary N) is 1. The normalized spacial score (nSPS) is 28.7. The van der Waals surface area contributed by atoms with Crippen molar-refractivity contribution in [3.63, 3.8) is 0 Å². The highest BCUT2D eigenvalue weighted by Gasteiger charge is 2.33. The van der Waals surface area contributed by atoms with Gasteiger partial charge in [-0.25, -0.2) is 5.84 Å². The Kier molecular flexibility index (Phi) is 3.91. The first-order valence-corrected chi connectivity index (χ1v) is 6.38. The Balaban J connectivity index is 1.82. The van der Waals surface area contributed by atoms with E-state index < -0.39 is 5.92 Å². The van der Waals surface area contributed by atoms with Crippen LogP contribution in [0.1, 0.15) is 32.1 Å². The number of hydrogen-bond donors (Lipinski definition) is 2. The number of carbonyl (C=O) groups excluding carboxylic acids is 3. The fraction of sp³-hybridized carbons (Fsp3) is 0.615. The highest BCUT2D eigenvalue weighted by atomic mass is 16.2. The van der Waals surface area contributed by atoms with Gasteiger partial charge in [0.15, 0.2) is 11.6 Å². The Morgan fingerprint density at radius 1 is 1.17 bits per heavy atom. The second-order valence-corrected chi connectivity index (χ2v) is 5.15. The maximum Gasteiger partial charge on any atom is 0.236 e. The second kappa shape index (κ2) is 5.44. The lowest BCUT2D eigenvalue weighted by molar-refractivity contribution is -0.128. The molecule has 2 rings (SSSR count). The van der Waals surface area contributed by atoms with Crippen LogP contribution < -0.4 is 11.3 Å². The molecule has 1 fully saturated rings. The lowest BCUT2D eigenvalue weighted by atomic mass is 9.77. The van der Waals surface area contributed by atoms with E-state index in [1.165, 1.54) is 12.2 Å². The van der Waals surface area contributed by atoms with Gasteiger partial charge in [-0.2, -0.15) is 0 Å². The zero-order valence-electron chi connectivity index (χ0n) is 10.2. The SMILES string of the molecule is NNC(=O)C1CCC(CC2C(=O)C=CC2=O)CC1. The van der Waals surface area contributed by atoms with Gasteiger partial charge in [-0.1, -0.05) is 0 Å². The maximum absolute atomic E-state index is 11.5. The maximum atomic E-state index is 11.5.